The summed E-state index contributed by atoms with van der Waals surface area (Å²) in [4.78, 5) is 8.61. The number of aliphatic hydroxyl groups is 1. The van der Waals surface area contributed by atoms with Crippen molar-refractivity contribution in [2.24, 2.45) is 0 Å². The number of nitrogens with zero attached hydrogens (tertiary/aromatic N) is 3. The van der Waals surface area contributed by atoms with Gasteiger partial charge in [-0.1, -0.05) is 12.8 Å². The second-order valence-electron chi connectivity index (χ2n) is 4.61. The molecule has 0 bridgehead atoms. The summed E-state index contributed by atoms with van der Waals surface area (Å²) in [6.45, 7) is 0. The molecule has 0 aromatic carbocycles. The standard InChI is InChI=1S/C12H16N4O/c13-12-15-8-4-3-7-14-11(8)16(12)9-5-1-2-6-10(9)17/h3-4,7,9-10,17H,1-2,5-6H2,(H2,13,15). The van der Waals surface area contributed by atoms with Crippen LogP contribution in [0, 0.1) is 0 Å². The summed E-state index contributed by atoms with van der Waals surface area (Å²) >= 11 is 0. The van der Waals surface area contributed by atoms with Crippen LogP contribution in [0.3, 0.4) is 0 Å². The van der Waals surface area contributed by atoms with Crippen LogP contribution in [-0.4, -0.2) is 25.7 Å². The SMILES string of the molecule is Nc1nc2cccnc2n1C1CCCCC1O. The summed E-state index contributed by atoms with van der Waals surface area (Å²) < 4.78 is 1.89. The van der Waals surface area contributed by atoms with E-state index in [0.717, 1.165) is 36.8 Å². The summed E-state index contributed by atoms with van der Waals surface area (Å²) in [7, 11) is 0. The molecule has 1 saturated carbocycles. The number of rotatable bonds is 1. The summed E-state index contributed by atoms with van der Waals surface area (Å²) in [5.74, 6) is 0.449. The number of hydrogen-bond donors (Lipinski definition) is 2. The smallest absolute Gasteiger partial charge is 0.202 e. The second-order valence-corrected chi connectivity index (χ2v) is 4.61. The first-order valence-corrected chi connectivity index (χ1v) is 6.04. The van der Waals surface area contributed by atoms with Gasteiger partial charge in [0.1, 0.15) is 5.52 Å². The van der Waals surface area contributed by atoms with Crippen molar-refractivity contribution in [3.05, 3.63) is 18.3 Å². The minimum atomic E-state index is -0.342. The first-order chi connectivity index (χ1) is 8.27. The lowest BCUT2D eigenvalue weighted by molar-refractivity contribution is 0.0780. The highest BCUT2D eigenvalue weighted by molar-refractivity contribution is 5.74. The normalized spacial score (nSPS) is 25.2. The van der Waals surface area contributed by atoms with E-state index in [1.165, 1.54) is 0 Å². The van der Waals surface area contributed by atoms with E-state index in [0.29, 0.717) is 5.95 Å². The largest absolute Gasteiger partial charge is 0.391 e. The summed E-state index contributed by atoms with van der Waals surface area (Å²) in [6, 6.07) is 3.75. The lowest BCUT2D eigenvalue weighted by Gasteiger charge is -2.29. The van der Waals surface area contributed by atoms with Gasteiger partial charge in [0.15, 0.2) is 5.65 Å². The van der Waals surface area contributed by atoms with Gasteiger partial charge >= 0.3 is 0 Å². The summed E-state index contributed by atoms with van der Waals surface area (Å²) in [5.41, 5.74) is 7.52. The Balaban J connectivity index is 2.12. The van der Waals surface area contributed by atoms with Gasteiger partial charge in [0.2, 0.25) is 5.95 Å². The third-order valence-electron chi connectivity index (χ3n) is 3.50. The fourth-order valence-electron chi connectivity index (χ4n) is 2.67. The van der Waals surface area contributed by atoms with Crippen LogP contribution in [0.25, 0.3) is 11.2 Å². The van der Waals surface area contributed by atoms with E-state index in [9.17, 15) is 5.11 Å². The maximum atomic E-state index is 10.1. The zero-order valence-corrected chi connectivity index (χ0v) is 9.58. The van der Waals surface area contributed by atoms with E-state index < -0.39 is 0 Å². The Morgan fingerprint density at radius 2 is 2.18 bits per heavy atom. The minimum Gasteiger partial charge on any atom is -0.391 e. The van der Waals surface area contributed by atoms with Crippen LogP contribution in [0.4, 0.5) is 5.95 Å². The van der Waals surface area contributed by atoms with E-state index in [-0.39, 0.29) is 12.1 Å². The van der Waals surface area contributed by atoms with Crippen LogP contribution >= 0.6 is 0 Å². The lowest BCUT2D eigenvalue weighted by Crippen LogP contribution is -2.28. The fourth-order valence-corrected chi connectivity index (χ4v) is 2.67. The van der Waals surface area contributed by atoms with Gasteiger partial charge in [-0.15, -0.1) is 0 Å². The fraction of sp³-hybridized carbons (Fsp3) is 0.500. The van der Waals surface area contributed by atoms with E-state index in [1.54, 1.807) is 6.20 Å². The molecule has 17 heavy (non-hydrogen) atoms. The number of fused-ring (bicyclic) bond motifs is 1. The molecule has 1 aliphatic rings. The molecule has 3 N–H and O–H groups in total. The molecule has 2 atom stereocenters. The van der Waals surface area contributed by atoms with E-state index in [2.05, 4.69) is 9.97 Å². The highest BCUT2D eigenvalue weighted by atomic mass is 16.3. The molecule has 2 aromatic heterocycles. The van der Waals surface area contributed by atoms with Gasteiger partial charge < -0.3 is 10.8 Å². The number of pyridine rings is 1. The molecular formula is C12H16N4O. The maximum absolute atomic E-state index is 10.1. The van der Waals surface area contributed by atoms with Crippen molar-refractivity contribution in [2.45, 2.75) is 37.8 Å². The Morgan fingerprint density at radius 3 is 3.00 bits per heavy atom. The van der Waals surface area contributed by atoms with Crippen molar-refractivity contribution in [3.63, 3.8) is 0 Å². The molecule has 5 nitrogen and oxygen atoms in total. The number of nitrogen functional groups attached to an aromatic ring is 1. The molecule has 0 aliphatic heterocycles. The number of aromatic nitrogens is 3. The number of aliphatic hydroxyl groups excluding tert-OH is 1. The van der Waals surface area contributed by atoms with E-state index in [1.807, 2.05) is 16.7 Å². The molecule has 0 amide bonds. The average molecular weight is 232 g/mol. The van der Waals surface area contributed by atoms with Crippen LogP contribution in [0.15, 0.2) is 18.3 Å². The predicted octanol–water partition coefficient (Wildman–Crippen LogP) is 1.49. The molecule has 1 fully saturated rings. The molecular weight excluding hydrogens is 216 g/mol. The number of nitrogens with two attached hydrogens (primary N) is 1. The van der Waals surface area contributed by atoms with Crippen LogP contribution in [0.2, 0.25) is 0 Å². The molecule has 0 spiro atoms. The first-order valence-electron chi connectivity index (χ1n) is 6.04. The van der Waals surface area contributed by atoms with E-state index in [4.69, 9.17) is 5.73 Å². The van der Waals surface area contributed by atoms with Gasteiger partial charge in [-0.05, 0) is 25.0 Å². The number of anilines is 1. The lowest BCUT2D eigenvalue weighted by atomic mass is 9.92. The molecule has 2 aromatic rings. The maximum Gasteiger partial charge on any atom is 0.202 e. The summed E-state index contributed by atoms with van der Waals surface area (Å²) in [6.07, 6.45) is 5.36. The third kappa shape index (κ3) is 1.67. The molecule has 1 aliphatic carbocycles. The molecule has 5 heteroatoms. The first kappa shape index (κ1) is 10.5. The third-order valence-corrected chi connectivity index (χ3v) is 3.50. The topological polar surface area (TPSA) is 77.0 Å². The van der Waals surface area contributed by atoms with Crippen LogP contribution in [0.5, 0.6) is 0 Å². The molecule has 3 rings (SSSR count). The Morgan fingerprint density at radius 1 is 1.35 bits per heavy atom. The minimum absolute atomic E-state index is 0.0173. The van der Waals surface area contributed by atoms with Gasteiger partial charge in [-0.2, -0.15) is 0 Å². The van der Waals surface area contributed by atoms with Gasteiger partial charge in [-0.25, -0.2) is 9.97 Å². The quantitative estimate of drug-likeness (QED) is 0.781. The Bertz CT molecular complexity index is 536. The molecule has 90 valence electrons. The summed E-state index contributed by atoms with van der Waals surface area (Å²) in [5, 5.41) is 10.1. The molecule has 0 saturated heterocycles. The van der Waals surface area contributed by atoms with Gasteiger partial charge in [-0.3, -0.25) is 4.57 Å². The second kappa shape index (κ2) is 4.00. The van der Waals surface area contributed by atoms with Crippen molar-refractivity contribution in [2.75, 3.05) is 5.73 Å². The van der Waals surface area contributed by atoms with Crippen LogP contribution < -0.4 is 5.73 Å². The van der Waals surface area contributed by atoms with Crippen molar-refractivity contribution < 1.29 is 5.11 Å². The highest BCUT2D eigenvalue weighted by Gasteiger charge is 2.27. The Kier molecular flexibility index (Phi) is 2.48. The van der Waals surface area contributed by atoms with Crippen LogP contribution in [0.1, 0.15) is 31.7 Å². The molecule has 2 heterocycles. The van der Waals surface area contributed by atoms with Gasteiger partial charge in [0, 0.05) is 6.20 Å². The van der Waals surface area contributed by atoms with Crippen molar-refractivity contribution >= 4 is 17.1 Å². The Hall–Kier alpha value is -1.62. The number of imidazole rings is 1. The number of hydrogen-bond acceptors (Lipinski definition) is 4. The monoisotopic (exact) mass is 232 g/mol. The van der Waals surface area contributed by atoms with Crippen molar-refractivity contribution in [1.82, 2.24) is 14.5 Å². The van der Waals surface area contributed by atoms with Gasteiger partial charge in [0.25, 0.3) is 0 Å². The van der Waals surface area contributed by atoms with Crippen molar-refractivity contribution in [3.8, 4) is 0 Å². The van der Waals surface area contributed by atoms with Crippen molar-refractivity contribution in [1.29, 1.82) is 0 Å². The van der Waals surface area contributed by atoms with E-state index >= 15 is 0 Å². The molecule has 2 unspecified atom stereocenters. The zero-order valence-electron chi connectivity index (χ0n) is 9.58. The molecule has 0 radical (unpaired) electrons. The highest BCUT2D eigenvalue weighted by Crippen LogP contribution is 2.32. The Labute approximate surface area is 99.3 Å². The average Bonchev–Trinajstić information content (AvgIpc) is 2.66. The zero-order chi connectivity index (χ0) is 11.8. The predicted molar refractivity (Wildman–Crippen MR) is 65.5 cm³/mol. The van der Waals surface area contributed by atoms with Crippen LogP contribution in [-0.2, 0) is 0 Å². The van der Waals surface area contributed by atoms with Gasteiger partial charge in [0.05, 0.1) is 12.1 Å².